The maximum atomic E-state index is 12.8. The summed E-state index contributed by atoms with van der Waals surface area (Å²) in [6.45, 7) is 4.47. The largest absolute Gasteiger partial charge is 0.462 e. The number of aryl methyl sites for hydroxylation is 1. The first-order valence-corrected chi connectivity index (χ1v) is 9.71. The molecule has 0 saturated heterocycles. The van der Waals surface area contributed by atoms with Crippen LogP contribution in [0.2, 0.25) is 0 Å². The molecule has 0 atom stereocenters. The minimum absolute atomic E-state index is 0.0604. The summed E-state index contributed by atoms with van der Waals surface area (Å²) in [6.07, 6.45) is 1.90. The van der Waals surface area contributed by atoms with Crippen LogP contribution in [0.15, 0.2) is 24.3 Å². The van der Waals surface area contributed by atoms with Gasteiger partial charge in [0, 0.05) is 12.2 Å². The summed E-state index contributed by atoms with van der Waals surface area (Å²) in [5.41, 5.74) is 3.09. The number of hydrogen-bond acceptors (Lipinski definition) is 6. The highest BCUT2D eigenvalue weighted by atomic mass is 32.1. The molecular weight excluding hydrogens is 362 g/mol. The summed E-state index contributed by atoms with van der Waals surface area (Å²) >= 11 is 1.15. The van der Waals surface area contributed by atoms with Crippen molar-refractivity contribution in [1.82, 2.24) is 0 Å². The normalized spacial score (nSPS) is 12.9. The molecule has 0 bridgehead atoms. The summed E-state index contributed by atoms with van der Waals surface area (Å²) in [6, 6.07) is 10.0. The van der Waals surface area contributed by atoms with Gasteiger partial charge in [-0.05, 0) is 43.9 Å². The van der Waals surface area contributed by atoms with E-state index in [0.29, 0.717) is 27.5 Å². The van der Waals surface area contributed by atoms with Crippen LogP contribution in [0.1, 0.15) is 39.7 Å². The zero-order valence-electron chi connectivity index (χ0n) is 15.4. The Kier molecular flexibility index (Phi) is 5.77. The number of nitrogens with zero attached hydrogens (tertiary/aromatic N) is 2. The molecule has 0 fully saturated rings. The number of benzene rings is 1. The molecule has 0 aliphatic carbocycles. The smallest absolute Gasteiger partial charge is 0.348 e. The van der Waals surface area contributed by atoms with Crippen LogP contribution in [-0.2, 0) is 16.0 Å². The lowest BCUT2D eigenvalue weighted by Crippen LogP contribution is -2.39. The van der Waals surface area contributed by atoms with Gasteiger partial charge in [-0.1, -0.05) is 18.2 Å². The third kappa shape index (κ3) is 3.81. The van der Waals surface area contributed by atoms with Crippen molar-refractivity contribution in [2.24, 2.45) is 0 Å². The number of nitrogens with one attached hydrogen (secondary N) is 1. The maximum Gasteiger partial charge on any atom is 0.348 e. The molecule has 1 aromatic carbocycles. The van der Waals surface area contributed by atoms with Crippen LogP contribution in [-0.4, -0.2) is 31.6 Å². The van der Waals surface area contributed by atoms with E-state index in [-0.39, 0.29) is 19.1 Å². The van der Waals surface area contributed by atoms with Crippen molar-refractivity contribution in [1.29, 1.82) is 5.26 Å². The standard InChI is InChI=1S/C20H21N3O3S/c1-3-26-20(25)18-13(2)15(11-21)19(27-18)22-12-17(24)23-10-6-8-14-7-4-5-9-16(14)23/h4-5,7,9,22H,3,6,8,10,12H2,1-2H3. The molecule has 0 saturated carbocycles. The highest BCUT2D eigenvalue weighted by Gasteiger charge is 2.24. The molecule has 6 nitrogen and oxygen atoms in total. The molecule has 2 heterocycles. The number of carbonyl (C=O) groups is 2. The summed E-state index contributed by atoms with van der Waals surface area (Å²) in [5, 5.41) is 13.0. The van der Waals surface area contributed by atoms with Gasteiger partial charge in [-0.15, -0.1) is 11.3 Å². The Morgan fingerprint density at radius 3 is 2.89 bits per heavy atom. The van der Waals surface area contributed by atoms with Crippen molar-refractivity contribution in [2.75, 3.05) is 29.9 Å². The number of fused-ring (bicyclic) bond motifs is 1. The number of para-hydroxylation sites is 1. The molecule has 7 heteroatoms. The number of hydrogen-bond donors (Lipinski definition) is 1. The van der Waals surface area contributed by atoms with Crippen LogP contribution in [0.3, 0.4) is 0 Å². The van der Waals surface area contributed by atoms with Crippen LogP contribution in [0.25, 0.3) is 0 Å². The third-order valence-corrected chi connectivity index (χ3v) is 5.76. The third-order valence-electron chi connectivity index (χ3n) is 4.53. The van der Waals surface area contributed by atoms with Gasteiger partial charge in [0.05, 0.1) is 18.7 Å². The van der Waals surface area contributed by atoms with Gasteiger partial charge in [0.1, 0.15) is 15.9 Å². The lowest BCUT2D eigenvalue weighted by atomic mass is 10.0. The first kappa shape index (κ1) is 18.9. The van der Waals surface area contributed by atoms with E-state index < -0.39 is 5.97 Å². The van der Waals surface area contributed by atoms with E-state index in [4.69, 9.17) is 4.74 Å². The fraction of sp³-hybridized carbons (Fsp3) is 0.350. The number of carbonyl (C=O) groups excluding carboxylic acids is 2. The van der Waals surface area contributed by atoms with Crippen molar-refractivity contribution < 1.29 is 14.3 Å². The fourth-order valence-corrected chi connectivity index (χ4v) is 4.25. The zero-order chi connectivity index (χ0) is 19.4. The number of rotatable bonds is 5. The molecule has 1 aromatic heterocycles. The lowest BCUT2D eigenvalue weighted by molar-refractivity contribution is -0.117. The number of anilines is 2. The Hall–Kier alpha value is -2.85. The number of nitriles is 1. The van der Waals surface area contributed by atoms with E-state index in [1.807, 2.05) is 24.3 Å². The van der Waals surface area contributed by atoms with E-state index in [1.54, 1.807) is 18.7 Å². The Labute approximate surface area is 162 Å². The summed E-state index contributed by atoms with van der Waals surface area (Å²) in [5.74, 6) is -0.504. The first-order valence-electron chi connectivity index (χ1n) is 8.89. The predicted octanol–water partition coefficient (Wildman–Crippen LogP) is 3.50. The molecule has 1 aliphatic rings. The van der Waals surface area contributed by atoms with Gasteiger partial charge in [-0.25, -0.2) is 4.79 Å². The van der Waals surface area contributed by atoms with E-state index in [9.17, 15) is 14.9 Å². The molecule has 0 spiro atoms. The second-order valence-corrected chi connectivity index (χ2v) is 7.24. The Bertz CT molecular complexity index is 914. The minimum Gasteiger partial charge on any atom is -0.462 e. The molecule has 1 aliphatic heterocycles. The summed E-state index contributed by atoms with van der Waals surface area (Å²) in [7, 11) is 0. The number of thiophene rings is 1. The van der Waals surface area contributed by atoms with Crippen molar-refractivity contribution >= 4 is 33.9 Å². The molecule has 0 radical (unpaired) electrons. The first-order chi connectivity index (χ1) is 13.1. The number of amides is 1. The number of esters is 1. The number of ether oxygens (including phenoxy) is 1. The van der Waals surface area contributed by atoms with Gasteiger partial charge >= 0.3 is 5.97 Å². The van der Waals surface area contributed by atoms with E-state index in [2.05, 4.69) is 11.4 Å². The zero-order valence-corrected chi connectivity index (χ0v) is 16.2. The molecular formula is C20H21N3O3S. The Morgan fingerprint density at radius 2 is 2.15 bits per heavy atom. The highest BCUT2D eigenvalue weighted by Crippen LogP contribution is 2.33. The van der Waals surface area contributed by atoms with Gasteiger partial charge in [0.25, 0.3) is 0 Å². The second-order valence-electron chi connectivity index (χ2n) is 6.22. The van der Waals surface area contributed by atoms with Gasteiger partial charge in [-0.3, -0.25) is 4.79 Å². The highest BCUT2D eigenvalue weighted by molar-refractivity contribution is 7.18. The van der Waals surface area contributed by atoms with Gasteiger partial charge in [0.15, 0.2) is 0 Å². The Balaban J connectivity index is 1.76. The van der Waals surface area contributed by atoms with E-state index >= 15 is 0 Å². The van der Waals surface area contributed by atoms with Crippen molar-refractivity contribution in [3.63, 3.8) is 0 Å². The van der Waals surface area contributed by atoms with Crippen LogP contribution in [0.4, 0.5) is 10.7 Å². The van der Waals surface area contributed by atoms with Gasteiger partial charge < -0.3 is 15.0 Å². The maximum absolute atomic E-state index is 12.8. The van der Waals surface area contributed by atoms with Gasteiger partial charge in [-0.2, -0.15) is 5.26 Å². The van der Waals surface area contributed by atoms with Crippen molar-refractivity contribution in [2.45, 2.75) is 26.7 Å². The van der Waals surface area contributed by atoms with Gasteiger partial charge in [0.2, 0.25) is 5.91 Å². The fourth-order valence-electron chi connectivity index (χ4n) is 3.21. The molecule has 27 heavy (non-hydrogen) atoms. The Morgan fingerprint density at radius 1 is 1.37 bits per heavy atom. The second kappa shape index (κ2) is 8.23. The minimum atomic E-state index is -0.444. The van der Waals surface area contributed by atoms with E-state index in [1.165, 1.54) is 5.56 Å². The van der Waals surface area contributed by atoms with E-state index in [0.717, 1.165) is 29.9 Å². The summed E-state index contributed by atoms with van der Waals surface area (Å²) < 4.78 is 5.04. The quantitative estimate of drug-likeness (QED) is 0.799. The average molecular weight is 383 g/mol. The van der Waals surface area contributed by atoms with Crippen LogP contribution in [0.5, 0.6) is 0 Å². The van der Waals surface area contributed by atoms with Crippen molar-refractivity contribution in [3.05, 3.63) is 45.8 Å². The monoisotopic (exact) mass is 383 g/mol. The molecule has 3 rings (SSSR count). The molecule has 0 unspecified atom stereocenters. The molecule has 1 N–H and O–H groups in total. The SMILES string of the molecule is CCOC(=O)c1sc(NCC(=O)N2CCCc3ccccc32)c(C#N)c1C. The average Bonchev–Trinajstić information content (AvgIpc) is 3.01. The molecule has 140 valence electrons. The van der Waals surface area contributed by atoms with Crippen molar-refractivity contribution in [3.8, 4) is 6.07 Å². The van der Waals surface area contributed by atoms with Crippen LogP contribution >= 0.6 is 11.3 Å². The molecule has 2 aromatic rings. The summed E-state index contributed by atoms with van der Waals surface area (Å²) in [4.78, 5) is 27.0. The molecule has 1 amide bonds. The lowest BCUT2D eigenvalue weighted by Gasteiger charge is -2.29. The van der Waals surface area contributed by atoms with Crippen LogP contribution < -0.4 is 10.2 Å². The predicted molar refractivity (Wildman–Crippen MR) is 105 cm³/mol. The topological polar surface area (TPSA) is 82.4 Å². The van der Waals surface area contributed by atoms with Crippen LogP contribution in [0, 0.1) is 18.3 Å².